The number of esters is 2. The summed E-state index contributed by atoms with van der Waals surface area (Å²) in [6, 6.07) is 0.260. The lowest BCUT2D eigenvalue weighted by molar-refractivity contribution is -0.161. The first-order chi connectivity index (χ1) is 29.3. The summed E-state index contributed by atoms with van der Waals surface area (Å²) in [5, 5.41) is 0. The summed E-state index contributed by atoms with van der Waals surface area (Å²) in [5.74, 6) is -1.23. The van der Waals surface area contributed by atoms with Gasteiger partial charge in [0.05, 0.1) is 18.9 Å². The van der Waals surface area contributed by atoms with Gasteiger partial charge < -0.3 is 33.3 Å². The molecule has 352 valence electrons. The number of carbonyl (C=O) groups is 3. The first-order valence-corrected chi connectivity index (χ1v) is 24.6. The average Bonchev–Trinajstić information content (AvgIpc) is 3.25. The first kappa shape index (κ1) is 57.6. The molecule has 2 unspecified atom stereocenters. The molecule has 0 fully saturated rings. The van der Waals surface area contributed by atoms with E-state index in [9.17, 15) is 14.4 Å². The molecule has 0 rings (SSSR count). The molecule has 0 amide bonds. The molecule has 0 spiro atoms. The van der Waals surface area contributed by atoms with E-state index in [1.165, 1.54) is 77.0 Å². The lowest BCUT2D eigenvalue weighted by atomic mass is 10.1. The predicted octanol–water partition coefficient (Wildman–Crippen LogP) is 13.2. The maximum atomic E-state index is 13.0. The normalized spacial score (nSPS) is 12.8. The van der Waals surface area contributed by atoms with Crippen molar-refractivity contribution in [1.82, 2.24) is 4.90 Å². The number of unbranched alkanes of at least 4 members (excludes halogenated alkanes) is 18. The number of ether oxygens (including phenoxy) is 6. The van der Waals surface area contributed by atoms with E-state index in [2.05, 4.69) is 63.8 Å². The van der Waals surface area contributed by atoms with Crippen molar-refractivity contribution in [1.29, 1.82) is 0 Å². The smallest absolute Gasteiger partial charge is 0.465 e. The van der Waals surface area contributed by atoms with E-state index in [1.54, 1.807) is 0 Å². The fraction of sp³-hybridized carbons (Fsp3) is 0.860. The summed E-state index contributed by atoms with van der Waals surface area (Å²) in [5.41, 5.74) is 0. The maximum absolute atomic E-state index is 13.0. The quantitative estimate of drug-likeness (QED) is 0.0193. The molecule has 0 radical (unpaired) electrons. The Hall–Kier alpha value is -2.43. The Bertz CT molecular complexity index is 1020. The van der Waals surface area contributed by atoms with Gasteiger partial charge >= 0.3 is 18.1 Å². The Morgan fingerprint density at radius 1 is 0.500 bits per heavy atom. The summed E-state index contributed by atoms with van der Waals surface area (Å²) in [7, 11) is 2.03. The lowest BCUT2D eigenvalue weighted by Crippen LogP contribution is -2.30. The number of carbonyl (C=O) groups excluding carboxylic acids is 3. The van der Waals surface area contributed by atoms with Crippen LogP contribution in [0.3, 0.4) is 0 Å². The average molecular weight is 852 g/mol. The van der Waals surface area contributed by atoms with Gasteiger partial charge in [-0.2, -0.15) is 0 Å². The Balaban J connectivity index is 4.86. The fourth-order valence-corrected chi connectivity index (χ4v) is 6.51. The van der Waals surface area contributed by atoms with Crippen LogP contribution in [-0.2, 0) is 38.0 Å². The first-order valence-electron chi connectivity index (χ1n) is 24.6. The molecule has 0 aromatic heterocycles. The van der Waals surface area contributed by atoms with Crippen LogP contribution in [0.25, 0.3) is 0 Å². The van der Waals surface area contributed by atoms with Crippen LogP contribution in [0.1, 0.15) is 208 Å². The minimum absolute atomic E-state index is 0.0245. The Labute approximate surface area is 368 Å². The van der Waals surface area contributed by atoms with E-state index in [-0.39, 0.29) is 44.9 Å². The van der Waals surface area contributed by atoms with E-state index in [0.29, 0.717) is 32.5 Å². The highest BCUT2D eigenvalue weighted by molar-refractivity contribution is 5.69. The minimum atomic E-state index is -0.790. The molecule has 60 heavy (non-hydrogen) atoms. The van der Waals surface area contributed by atoms with E-state index in [4.69, 9.17) is 28.4 Å². The zero-order valence-electron chi connectivity index (χ0n) is 39.7. The Kier molecular flexibility index (Phi) is 42.8. The topological polar surface area (TPSA) is 110 Å². The molecule has 0 saturated carbocycles. The molecule has 0 aromatic rings. The second-order valence-electron chi connectivity index (χ2n) is 16.6. The van der Waals surface area contributed by atoms with Crippen molar-refractivity contribution >= 4 is 18.1 Å². The summed E-state index contributed by atoms with van der Waals surface area (Å²) in [4.78, 5) is 40.2. The van der Waals surface area contributed by atoms with Crippen molar-refractivity contribution < 1.29 is 42.8 Å². The van der Waals surface area contributed by atoms with Gasteiger partial charge in [0.25, 0.3) is 0 Å². The molecule has 0 saturated heterocycles. The van der Waals surface area contributed by atoms with Crippen LogP contribution in [0.15, 0.2) is 24.3 Å². The molecule has 0 N–H and O–H groups in total. The third-order valence-electron chi connectivity index (χ3n) is 10.9. The third-order valence-corrected chi connectivity index (χ3v) is 10.9. The van der Waals surface area contributed by atoms with Gasteiger partial charge in [-0.05, 0) is 78.3 Å². The summed E-state index contributed by atoms with van der Waals surface area (Å²) < 4.78 is 34.1. The number of hydrogen-bond acceptors (Lipinski definition) is 10. The molecule has 0 aromatic carbocycles. The standard InChI is InChI=1S/C50H93NO9/c1-7-11-14-17-20-21-22-23-24-25-26-27-28-29-32-35-47(52)58-42-46(44-60-50(54)57-41-38-45(5)51(6)10-4)43-59-48(53)36-37-49(55-39-33-30-18-15-12-8-2)56-40-34-31-19-16-13-9-3/h20-21,23-24,45-46,49H,7-19,22,25-44H2,1-6H3/b21-20-,24-23-. The zero-order chi connectivity index (χ0) is 44.2. The Morgan fingerprint density at radius 3 is 1.53 bits per heavy atom. The largest absolute Gasteiger partial charge is 0.508 e. The van der Waals surface area contributed by atoms with Crippen LogP contribution in [-0.4, -0.2) is 88.6 Å². The summed E-state index contributed by atoms with van der Waals surface area (Å²) in [6.07, 6.45) is 35.6. The second kappa shape index (κ2) is 44.6. The van der Waals surface area contributed by atoms with E-state index in [0.717, 1.165) is 77.2 Å². The molecule has 0 aliphatic heterocycles. The zero-order valence-corrected chi connectivity index (χ0v) is 39.7. The van der Waals surface area contributed by atoms with E-state index >= 15 is 0 Å². The van der Waals surface area contributed by atoms with Crippen molar-refractivity contribution in [2.45, 2.75) is 220 Å². The van der Waals surface area contributed by atoms with Crippen LogP contribution in [0.4, 0.5) is 4.79 Å². The minimum Gasteiger partial charge on any atom is -0.465 e. The highest BCUT2D eigenvalue weighted by atomic mass is 16.7. The second-order valence-corrected chi connectivity index (χ2v) is 16.6. The Morgan fingerprint density at radius 2 is 0.967 bits per heavy atom. The highest BCUT2D eigenvalue weighted by Gasteiger charge is 2.20. The van der Waals surface area contributed by atoms with Crippen molar-refractivity contribution in [3.8, 4) is 0 Å². The van der Waals surface area contributed by atoms with Crippen molar-refractivity contribution in [2.24, 2.45) is 5.92 Å². The molecule has 10 heteroatoms. The molecule has 10 nitrogen and oxygen atoms in total. The molecular formula is C50H93NO9. The van der Waals surface area contributed by atoms with Crippen molar-refractivity contribution in [3.05, 3.63) is 24.3 Å². The van der Waals surface area contributed by atoms with E-state index in [1.807, 2.05) is 7.05 Å². The van der Waals surface area contributed by atoms with Gasteiger partial charge in [0.2, 0.25) is 0 Å². The van der Waals surface area contributed by atoms with Crippen molar-refractivity contribution in [3.63, 3.8) is 0 Å². The van der Waals surface area contributed by atoms with E-state index < -0.39 is 24.3 Å². The molecule has 0 bridgehead atoms. The third kappa shape index (κ3) is 39.7. The van der Waals surface area contributed by atoms with Gasteiger partial charge in [-0.3, -0.25) is 9.59 Å². The molecular weight excluding hydrogens is 759 g/mol. The maximum Gasteiger partial charge on any atom is 0.508 e. The highest BCUT2D eigenvalue weighted by Crippen LogP contribution is 2.14. The van der Waals surface area contributed by atoms with Crippen LogP contribution in [0.2, 0.25) is 0 Å². The van der Waals surface area contributed by atoms with Crippen LogP contribution in [0, 0.1) is 5.92 Å². The molecule has 0 aliphatic rings. The van der Waals surface area contributed by atoms with Gasteiger partial charge in [0, 0.05) is 32.1 Å². The SMILES string of the molecule is CCCCC/C=C\C/C=C\CCCCCCCC(=O)OCC(COC(=O)CCC(OCCCCCCCC)OCCCCCCCC)COC(=O)OCCC(C)N(C)CC. The number of allylic oxidation sites excluding steroid dienone is 4. The monoisotopic (exact) mass is 852 g/mol. The number of rotatable bonds is 44. The van der Waals surface area contributed by atoms with Gasteiger partial charge in [0.15, 0.2) is 6.29 Å². The van der Waals surface area contributed by atoms with Crippen LogP contribution < -0.4 is 0 Å². The predicted molar refractivity (Wildman–Crippen MR) is 246 cm³/mol. The molecule has 0 aliphatic carbocycles. The number of hydrogen-bond donors (Lipinski definition) is 0. The molecule has 0 heterocycles. The molecule has 2 atom stereocenters. The van der Waals surface area contributed by atoms with Gasteiger partial charge in [0.1, 0.15) is 19.8 Å². The van der Waals surface area contributed by atoms with Crippen molar-refractivity contribution in [2.75, 3.05) is 53.2 Å². The lowest BCUT2D eigenvalue weighted by Gasteiger charge is -2.22. The van der Waals surface area contributed by atoms with Gasteiger partial charge in [-0.1, -0.05) is 148 Å². The summed E-state index contributed by atoms with van der Waals surface area (Å²) in [6.45, 7) is 13.0. The van der Waals surface area contributed by atoms with Crippen LogP contribution in [0.5, 0.6) is 0 Å². The fourth-order valence-electron chi connectivity index (χ4n) is 6.51. The van der Waals surface area contributed by atoms with Crippen LogP contribution >= 0.6 is 0 Å². The number of nitrogens with zero attached hydrogens (tertiary/aromatic N) is 1. The van der Waals surface area contributed by atoms with Gasteiger partial charge in [-0.15, -0.1) is 0 Å². The van der Waals surface area contributed by atoms with Gasteiger partial charge in [-0.25, -0.2) is 4.79 Å². The summed E-state index contributed by atoms with van der Waals surface area (Å²) >= 11 is 0.